The van der Waals surface area contributed by atoms with Crippen molar-refractivity contribution in [2.45, 2.75) is 26.3 Å². The number of hydrogen-bond acceptors (Lipinski definition) is 3. The van der Waals surface area contributed by atoms with Gasteiger partial charge in [-0.2, -0.15) is 5.10 Å². The molecule has 1 atom stereocenters. The van der Waals surface area contributed by atoms with Gasteiger partial charge in [0.05, 0.1) is 6.04 Å². The van der Waals surface area contributed by atoms with Gasteiger partial charge in [0.1, 0.15) is 6.20 Å². The topological polar surface area (TPSA) is 67.8 Å². The van der Waals surface area contributed by atoms with Crippen LogP contribution in [0.3, 0.4) is 0 Å². The minimum absolute atomic E-state index is 0.0225. The van der Waals surface area contributed by atoms with Gasteiger partial charge in [-0.1, -0.05) is 6.92 Å². The van der Waals surface area contributed by atoms with Gasteiger partial charge in [0, 0.05) is 0 Å². The molecular weight excluding hydrogens is 158 g/mol. The van der Waals surface area contributed by atoms with Gasteiger partial charge in [0.15, 0.2) is 0 Å². The molecule has 0 aliphatic carbocycles. The lowest BCUT2D eigenvalue weighted by atomic mass is 10.3. The Bertz CT molecular complexity index is 365. The molecule has 1 aromatic rings. The summed E-state index contributed by atoms with van der Waals surface area (Å²) >= 11 is 0. The molecule has 0 aliphatic rings. The summed E-state index contributed by atoms with van der Waals surface area (Å²) in [4.78, 5) is 23.9. The molecule has 1 rings (SSSR count). The summed E-state index contributed by atoms with van der Waals surface area (Å²) in [6, 6.07) is 0.0225. The molecule has 0 spiro atoms. The zero-order chi connectivity index (χ0) is 9.14. The van der Waals surface area contributed by atoms with Crippen molar-refractivity contribution in [1.82, 2.24) is 14.8 Å². The summed E-state index contributed by atoms with van der Waals surface area (Å²) in [5, 5.41) is 3.71. The average Bonchev–Trinajstić information content (AvgIpc) is 2.03. The summed E-state index contributed by atoms with van der Waals surface area (Å²) in [6.45, 7) is 3.82. The highest BCUT2D eigenvalue weighted by Gasteiger charge is 2.04. The van der Waals surface area contributed by atoms with Crippen molar-refractivity contribution in [3.63, 3.8) is 0 Å². The van der Waals surface area contributed by atoms with Crippen molar-refractivity contribution in [2.24, 2.45) is 0 Å². The molecular formula is C7H11N3O2. The van der Waals surface area contributed by atoms with E-state index in [1.165, 1.54) is 4.68 Å². The quantitative estimate of drug-likeness (QED) is 0.672. The molecule has 0 fully saturated rings. The molecule has 1 aromatic heterocycles. The van der Waals surface area contributed by atoms with Crippen LogP contribution in [0.15, 0.2) is 15.8 Å². The second-order valence-electron chi connectivity index (χ2n) is 2.64. The monoisotopic (exact) mass is 169 g/mol. The zero-order valence-electron chi connectivity index (χ0n) is 7.07. The van der Waals surface area contributed by atoms with Crippen molar-refractivity contribution in [1.29, 1.82) is 0 Å². The van der Waals surface area contributed by atoms with Crippen molar-refractivity contribution < 1.29 is 0 Å². The molecule has 1 unspecified atom stereocenters. The van der Waals surface area contributed by atoms with Crippen molar-refractivity contribution in [2.75, 3.05) is 0 Å². The fourth-order valence-electron chi connectivity index (χ4n) is 0.849. The van der Waals surface area contributed by atoms with E-state index >= 15 is 0 Å². The molecule has 0 amide bonds. The standard InChI is InChI=1S/C7H11N3O2/c1-3-5(2)10-7(12)9-6(11)4-8-10/h4-5H,3H2,1-2H3,(H,9,11,12). The Morgan fingerprint density at radius 1 is 1.67 bits per heavy atom. The second kappa shape index (κ2) is 3.34. The molecule has 1 N–H and O–H groups in total. The van der Waals surface area contributed by atoms with Crippen molar-refractivity contribution in [3.05, 3.63) is 27.0 Å². The number of nitrogens with one attached hydrogen (secondary N) is 1. The number of rotatable bonds is 2. The van der Waals surface area contributed by atoms with Gasteiger partial charge in [-0.15, -0.1) is 0 Å². The predicted octanol–water partition coefficient (Wildman–Crippen LogP) is -0.0974. The minimum Gasteiger partial charge on any atom is -0.271 e. The summed E-state index contributed by atoms with van der Waals surface area (Å²) in [7, 11) is 0. The van der Waals surface area contributed by atoms with Gasteiger partial charge >= 0.3 is 5.69 Å². The number of aromatic nitrogens is 3. The summed E-state index contributed by atoms with van der Waals surface area (Å²) in [5.41, 5.74) is -0.906. The Kier molecular flexibility index (Phi) is 2.42. The van der Waals surface area contributed by atoms with E-state index in [0.717, 1.165) is 12.6 Å². The number of nitrogens with zero attached hydrogens (tertiary/aromatic N) is 2. The summed E-state index contributed by atoms with van der Waals surface area (Å²) in [5.74, 6) is 0. The molecule has 1 heterocycles. The third-order valence-electron chi connectivity index (χ3n) is 1.75. The van der Waals surface area contributed by atoms with Crippen LogP contribution in [0.1, 0.15) is 26.3 Å². The SMILES string of the molecule is CCC(C)n1ncc(=O)[nH]c1=O. The first-order chi connectivity index (χ1) is 5.65. The van der Waals surface area contributed by atoms with Gasteiger partial charge in [-0.05, 0) is 13.3 Å². The maximum atomic E-state index is 11.1. The van der Waals surface area contributed by atoms with Crippen LogP contribution in [0, 0.1) is 0 Å². The number of hydrogen-bond donors (Lipinski definition) is 1. The smallest absolute Gasteiger partial charge is 0.271 e. The molecule has 66 valence electrons. The maximum absolute atomic E-state index is 11.1. The highest BCUT2D eigenvalue weighted by molar-refractivity contribution is 4.71. The van der Waals surface area contributed by atoms with E-state index in [0.29, 0.717) is 0 Å². The van der Waals surface area contributed by atoms with E-state index in [9.17, 15) is 9.59 Å². The Morgan fingerprint density at radius 3 is 2.83 bits per heavy atom. The van der Waals surface area contributed by atoms with Crippen LogP contribution in [0.4, 0.5) is 0 Å². The normalized spacial score (nSPS) is 12.8. The fourth-order valence-corrected chi connectivity index (χ4v) is 0.849. The lowest BCUT2D eigenvalue weighted by Crippen LogP contribution is -2.33. The molecule has 5 heteroatoms. The average molecular weight is 169 g/mol. The first-order valence-electron chi connectivity index (χ1n) is 3.83. The lowest BCUT2D eigenvalue weighted by molar-refractivity contribution is 0.441. The first kappa shape index (κ1) is 8.70. The second-order valence-corrected chi connectivity index (χ2v) is 2.64. The Balaban J connectivity index is 3.19. The zero-order valence-corrected chi connectivity index (χ0v) is 7.07. The predicted molar refractivity (Wildman–Crippen MR) is 44.1 cm³/mol. The number of H-pyrrole nitrogens is 1. The third kappa shape index (κ3) is 1.61. The van der Waals surface area contributed by atoms with Crippen molar-refractivity contribution >= 4 is 0 Å². The van der Waals surface area contributed by atoms with Gasteiger partial charge in [-0.25, -0.2) is 9.48 Å². The van der Waals surface area contributed by atoms with Gasteiger partial charge in [0.2, 0.25) is 0 Å². The fraction of sp³-hybridized carbons (Fsp3) is 0.571. The van der Waals surface area contributed by atoms with Crippen LogP contribution in [0.25, 0.3) is 0 Å². The summed E-state index contributed by atoms with van der Waals surface area (Å²) in [6.07, 6.45) is 1.91. The highest BCUT2D eigenvalue weighted by Crippen LogP contribution is 2.01. The van der Waals surface area contributed by atoms with Crippen LogP contribution in [-0.2, 0) is 0 Å². The van der Waals surface area contributed by atoms with E-state index in [2.05, 4.69) is 10.1 Å². The minimum atomic E-state index is -0.459. The maximum Gasteiger partial charge on any atom is 0.345 e. The van der Waals surface area contributed by atoms with Crippen LogP contribution in [-0.4, -0.2) is 14.8 Å². The molecule has 0 radical (unpaired) electrons. The molecule has 12 heavy (non-hydrogen) atoms. The van der Waals surface area contributed by atoms with E-state index in [-0.39, 0.29) is 6.04 Å². The molecule has 0 aliphatic heterocycles. The van der Waals surface area contributed by atoms with E-state index in [1.54, 1.807) is 0 Å². The Morgan fingerprint density at radius 2 is 2.33 bits per heavy atom. The first-order valence-corrected chi connectivity index (χ1v) is 3.83. The Hall–Kier alpha value is -1.39. The largest absolute Gasteiger partial charge is 0.345 e. The van der Waals surface area contributed by atoms with Crippen LogP contribution in [0.2, 0.25) is 0 Å². The molecule has 0 aromatic carbocycles. The van der Waals surface area contributed by atoms with Crippen LogP contribution < -0.4 is 11.2 Å². The van der Waals surface area contributed by atoms with E-state index < -0.39 is 11.2 Å². The van der Waals surface area contributed by atoms with Crippen LogP contribution >= 0.6 is 0 Å². The number of aromatic amines is 1. The van der Waals surface area contributed by atoms with E-state index in [1.807, 2.05) is 13.8 Å². The Labute approximate surface area is 69.1 Å². The van der Waals surface area contributed by atoms with Gasteiger partial charge in [0.25, 0.3) is 5.56 Å². The molecule has 5 nitrogen and oxygen atoms in total. The van der Waals surface area contributed by atoms with Crippen molar-refractivity contribution in [3.8, 4) is 0 Å². The summed E-state index contributed by atoms with van der Waals surface area (Å²) < 4.78 is 1.27. The van der Waals surface area contributed by atoms with Gasteiger partial charge < -0.3 is 0 Å². The lowest BCUT2D eigenvalue weighted by Gasteiger charge is -2.08. The molecule has 0 saturated carbocycles. The molecule has 0 saturated heterocycles. The van der Waals surface area contributed by atoms with Gasteiger partial charge in [-0.3, -0.25) is 9.78 Å². The van der Waals surface area contributed by atoms with Crippen LogP contribution in [0.5, 0.6) is 0 Å². The highest BCUT2D eigenvalue weighted by atomic mass is 16.2. The third-order valence-corrected chi connectivity index (χ3v) is 1.75. The molecule has 0 bridgehead atoms. The van der Waals surface area contributed by atoms with E-state index in [4.69, 9.17) is 0 Å².